The maximum Gasteiger partial charge on any atom is 0.170 e. The van der Waals surface area contributed by atoms with Gasteiger partial charge in [0.25, 0.3) is 0 Å². The molecular weight excluding hydrogens is 333 g/mol. The van der Waals surface area contributed by atoms with Gasteiger partial charge in [-0.25, -0.2) is 9.37 Å². The number of halogens is 1. The topological polar surface area (TPSA) is 60.6 Å². The molecule has 0 saturated carbocycles. The van der Waals surface area contributed by atoms with E-state index in [1.54, 1.807) is 6.07 Å². The SMILES string of the molecule is Cc1cc(N2CCC3(CC[C@@H]2c2ccccc2F)OCCO3)cc(N)n1. The van der Waals surface area contributed by atoms with Gasteiger partial charge in [-0.05, 0) is 25.5 Å². The van der Waals surface area contributed by atoms with E-state index in [1.165, 1.54) is 6.07 Å². The van der Waals surface area contributed by atoms with Gasteiger partial charge < -0.3 is 20.1 Å². The molecule has 2 aliphatic rings. The van der Waals surface area contributed by atoms with Gasteiger partial charge >= 0.3 is 0 Å². The van der Waals surface area contributed by atoms with E-state index in [0.29, 0.717) is 31.1 Å². The van der Waals surface area contributed by atoms with Crippen LogP contribution in [0.4, 0.5) is 15.9 Å². The summed E-state index contributed by atoms with van der Waals surface area (Å²) < 4.78 is 26.5. The molecule has 1 aromatic heterocycles. The van der Waals surface area contributed by atoms with Crippen molar-refractivity contribution in [3.05, 3.63) is 53.5 Å². The molecule has 138 valence electrons. The lowest BCUT2D eigenvalue weighted by molar-refractivity contribution is -0.163. The smallest absolute Gasteiger partial charge is 0.170 e. The van der Waals surface area contributed by atoms with Crippen LogP contribution in [0.3, 0.4) is 0 Å². The van der Waals surface area contributed by atoms with Gasteiger partial charge in [0.2, 0.25) is 0 Å². The number of rotatable bonds is 2. The summed E-state index contributed by atoms with van der Waals surface area (Å²) in [6.45, 7) is 3.85. The van der Waals surface area contributed by atoms with E-state index >= 15 is 0 Å². The first-order valence-electron chi connectivity index (χ1n) is 9.09. The molecule has 1 atom stereocenters. The minimum absolute atomic E-state index is 0.107. The number of nitrogens with two attached hydrogens (primary N) is 1. The molecule has 0 radical (unpaired) electrons. The summed E-state index contributed by atoms with van der Waals surface area (Å²) in [6, 6.07) is 10.7. The number of anilines is 2. The second-order valence-corrected chi connectivity index (χ2v) is 7.02. The van der Waals surface area contributed by atoms with Gasteiger partial charge in [-0.2, -0.15) is 0 Å². The van der Waals surface area contributed by atoms with Gasteiger partial charge in [0.05, 0.1) is 19.3 Å². The Morgan fingerprint density at radius 3 is 2.69 bits per heavy atom. The van der Waals surface area contributed by atoms with Crippen molar-refractivity contribution in [1.82, 2.24) is 4.98 Å². The Hall–Kier alpha value is -2.18. The number of ether oxygens (including phenoxy) is 2. The summed E-state index contributed by atoms with van der Waals surface area (Å²) in [5.74, 6) is -0.267. The summed E-state index contributed by atoms with van der Waals surface area (Å²) in [5, 5.41) is 0. The van der Waals surface area contributed by atoms with E-state index in [2.05, 4.69) is 9.88 Å². The third-order valence-corrected chi connectivity index (χ3v) is 5.28. The van der Waals surface area contributed by atoms with Gasteiger partial charge in [0, 0.05) is 42.4 Å². The lowest BCUT2D eigenvalue weighted by atomic mass is 9.98. The molecule has 6 heteroatoms. The predicted molar refractivity (Wildman–Crippen MR) is 98.4 cm³/mol. The van der Waals surface area contributed by atoms with Crippen LogP contribution in [0.1, 0.15) is 36.6 Å². The van der Waals surface area contributed by atoms with Crippen LogP contribution in [0.25, 0.3) is 0 Å². The molecule has 2 N–H and O–H groups in total. The number of nitrogen functional groups attached to an aromatic ring is 1. The molecule has 0 bridgehead atoms. The number of pyridine rings is 1. The Morgan fingerprint density at radius 2 is 1.96 bits per heavy atom. The Bertz CT molecular complexity index is 772. The third kappa shape index (κ3) is 3.27. The zero-order chi connectivity index (χ0) is 18.1. The molecule has 4 rings (SSSR count). The van der Waals surface area contributed by atoms with Crippen LogP contribution < -0.4 is 10.6 Å². The van der Waals surface area contributed by atoms with Crippen LogP contribution in [-0.2, 0) is 9.47 Å². The standard InChI is InChI=1S/C20H24FN3O2/c1-14-12-15(13-19(22)23-14)24-9-8-20(25-10-11-26-20)7-6-18(24)16-4-2-3-5-17(16)21/h2-5,12-13,18H,6-11H2,1H3,(H2,22,23)/t18-/m1/s1. The van der Waals surface area contributed by atoms with Crippen molar-refractivity contribution < 1.29 is 13.9 Å². The van der Waals surface area contributed by atoms with E-state index in [-0.39, 0.29) is 11.9 Å². The second kappa shape index (κ2) is 6.85. The first-order valence-corrected chi connectivity index (χ1v) is 9.09. The van der Waals surface area contributed by atoms with Crippen LogP contribution in [0, 0.1) is 12.7 Å². The molecule has 26 heavy (non-hydrogen) atoms. The highest BCUT2D eigenvalue weighted by Gasteiger charge is 2.41. The van der Waals surface area contributed by atoms with Gasteiger partial charge in [0.15, 0.2) is 5.79 Å². The Kier molecular flexibility index (Phi) is 4.54. The molecule has 3 heterocycles. The Morgan fingerprint density at radius 1 is 1.19 bits per heavy atom. The van der Waals surface area contributed by atoms with Gasteiger partial charge in [-0.3, -0.25) is 0 Å². The van der Waals surface area contributed by atoms with Crippen molar-refractivity contribution in [2.45, 2.75) is 38.0 Å². The minimum Gasteiger partial charge on any atom is -0.384 e. The van der Waals surface area contributed by atoms with Gasteiger partial charge in [-0.15, -0.1) is 0 Å². The largest absolute Gasteiger partial charge is 0.384 e. The lowest BCUT2D eigenvalue weighted by Gasteiger charge is -2.33. The number of nitrogens with zero attached hydrogens (tertiary/aromatic N) is 2. The normalized spacial score (nSPS) is 22.5. The van der Waals surface area contributed by atoms with Crippen molar-refractivity contribution in [3.63, 3.8) is 0 Å². The first kappa shape index (κ1) is 17.2. The average Bonchev–Trinajstić information content (AvgIpc) is 2.98. The van der Waals surface area contributed by atoms with Crippen LogP contribution in [-0.4, -0.2) is 30.5 Å². The molecule has 2 aliphatic heterocycles. The van der Waals surface area contributed by atoms with Crippen molar-refractivity contribution in [2.75, 3.05) is 30.4 Å². The Balaban J connectivity index is 1.74. The van der Waals surface area contributed by atoms with E-state index in [9.17, 15) is 4.39 Å². The molecule has 2 aromatic rings. The highest BCUT2D eigenvalue weighted by atomic mass is 19.1. The first-order chi connectivity index (χ1) is 12.6. The summed E-state index contributed by atoms with van der Waals surface area (Å²) in [5.41, 5.74) is 8.47. The van der Waals surface area contributed by atoms with Crippen molar-refractivity contribution in [1.29, 1.82) is 0 Å². The maximum absolute atomic E-state index is 14.6. The van der Waals surface area contributed by atoms with Gasteiger partial charge in [0.1, 0.15) is 11.6 Å². The highest BCUT2D eigenvalue weighted by molar-refractivity contribution is 5.55. The fraction of sp³-hybridized carbons (Fsp3) is 0.450. The number of hydrogen-bond acceptors (Lipinski definition) is 5. The van der Waals surface area contributed by atoms with Crippen molar-refractivity contribution in [3.8, 4) is 0 Å². The van der Waals surface area contributed by atoms with E-state index < -0.39 is 5.79 Å². The number of hydrogen-bond donors (Lipinski definition) is 1. The summed E-state index contributed by atoms with van der Waals surface area (Å²) >= 11 is 0. The monoisotopic (exact) mass is 357 g/mol. The molecule has 2 fully saturated rings. The zero-order valence-electron chi connectivity index (χ0n) is 15.0. The zero-order valence-corrected chi connectivity index (χ0v) is 15.0. The van der Waals surface area contributed by atoms with Crippen LogP contribution in [0.5, 0.6) is 0 Å². The summed E-state index contributed by atoms with van der Waals surface area (Å²) in [4.78, 5) is 6.48. The highest BCUT2D eigenvalue weighted by Crippen LogP contribution is 2.41. The summed E-state index contributed by atoms with van der Waals surface area (Å²) in [6.07, 6.45) is 2.21. The molecule has 0 unspecified atom stereocenters. The third-order valence-electron chi connectivity index (χ3n) is 5.28. The quantitative estimate of drug-likeness (QED) is 0.890. The predicted octanol–water partition coefficient (Wildman–Crippen LogP) is 3.59. The molecule has 0 aliphatic carbocycles. The fourth-order valence-electron chi connectivity index (χ4n) is 4.09. The van der Waals surface area contributed by atoms with Crippen molar-refractivity contribution in [2.24, 2.45) is 0 Å². The van der Waals surface area contributed by atoms with Crippen LogP contribution in [0.15, 0.2) is 36.4 Å². The van der Waals surface area contributed by atoms with E-state index in [1.807, 2.05) is 31.2 Å². The molecule has 2 saturated heterocycles. The average molecular weight is 357 g/mol. The van der Waals surface area contributed by atoms with Gasteiger partial charge in [-0.1, -0.05) is 18.2 Å². The fourth-order valence-corrected chi connectivity index (χ4v) is 4.09. The molecule has 1 spiro atoms. The second-order valence-electron chi connectivity index (χ2n) is 7.02. The molecule has 0 amide bonds. The Labute approximate surface area is 152 Å². The number of aryl methyl sites for hydroxylation is 1. The van der Waals surface area contributed by atoms with E-state index in [4.69, 9.17) is 15.2 Å². The lowest BCUT2D eigenvalue weighted by Crippen LogP contribution is -2.33. The number of aromatic nitrogens is 1. The number of benzene rings is 1. The van der Waals surface area contributed by atoms with E-state index in [0.717, 1.165) is 30.6 Å². The van der Waals surface area contributed by atoms with Crippen molar-refractivity contribution >= 4 is 11.5 Å². The van der Waals surface area contributed by atoms with Crippen LogP contribution in [0.2, 0.25) is 0 Å². The minimum atomic E-state index is -0.550. The summed E-state index contributed by atoms with van der Waals surface area (Å²) in [7, 11) is 0. The maximum atomic E-state index is 14.6. The van der Waals surface area contributed by atoms with Crippen LogP contribution >= 0.6 is 0 Å². The molecular formula is C20H24FN3O2. The molecule has 1 aromatic carbocycles. The molecule has 5 nitrogen and oxygen atoms in total.